The molecule has 0 amide bonds. The topological polar surface area (TPSA) is 56.7 Å². The highest BCUT2D eigenvalue weighted by Gasteiger charge is 2.24. The summed E-state index contributed by atoms with van der Waals surface area (Å²) in [6.45, 7) is 0. The van der Waals surface area contributed by atoms with E-state index >= 15 is 0 Å². The van der Waals surface area contributed by atoms with Crippen LogP contribution in [0.2, 0.25) is 0 Å². The Hall–Kier alpha value is -8.19. The third kappa shape index (κ3) is 5.19. The SMILES string of the molecule is c1ccc(-c2nc(-c3cc(-n4c5cc6ccccc6cc5c5ccc6ccccc6c54)c4c(c3)oc3c5ccccc5ccc34)nc(-c3ccc4sc5ccccc5c4c3)n2)cc1. The first-order chi connectivity index (χ1) is 31.2. The fraction of sp³-hybridized carbons (Fsp3) is 0. The summed E-state index contributed by atoms with van der Waals surface area (Å²) in [5.74, 6) is 1.79. The lowest BCUT2D eigenvalue weighted by atomic mass is 10.0. The number of rotatable bonds is 4. The van der Waals surface area contributed by atoms with Crippen molar-refractivity contribution in [1.29, 1.82) is 0 Å². The van der Waals surface area contributed by atoms with E-state index in [1.54, 1.807) is 11.3 Å². The zero-order chi connectivity index (χ0) is 41.2. The molecule has 0 aliphatic rings. The van der Waals surface area contributed by atoms with Crippen LogP contribution in [0.5, 0.6) is 0 Å². The van der Waals surface area contributed by atoms with Gasteiger partial charge in [0, 0.05) is 63.8 Å². The van der Waals surface area contributed by atoms with Gasteiger partial charge in [0.15, 0.2) is 17.5 Å². The van der Waals surface area contributed by atoms with Crippen LogP contribution in [0.3, 0.4) is 0 Å². The maximum absolute atomic E-state index is 7.08. The van der Waals surface area contributed by atoms with Crippen molar-refractivity contribution in [3.63, 3.8) is 0 Å². The van der Waals surface area contributed by atoms with Crippen LogP contribution >= 0.6 is 11.3 Å². The minimum atomic E-state index is 0.568. The lowest BCUT2D eigenvalue weighted by molar-refractivity contribution is 0.672. The van der Waals surface area contributed by atoms with Gasteiger partial charge < -0.3 is 8.98 Å². The van der Waals surface area contributed by atoms with E-state index in [2.05, 4.69) is 180 Å². The van der Waals surface area contributed by atoms with Gasteiger partial charge in [-0.25, -0.2) is 15.0 Å². The second-order valence-electron chi connectivity index (χ2n) is 16.4. The molecule has 0 fully saturated rings. The van der Waals surface area contributed by atoms with E-state index in [1.807, 2.05) is 18.2 Å². The van der Waals surface area contributed by atoms with Gasteiger partial charge >= 0.3 is 0 Å². The summed E-state index contributed by atoms with van der Waals surface area (Å²) in [7, 11) is 0. The highest BCUT2D eigenvalue weighted by Crippen LogP contribution is 2.45. The van der Waals surface area contributed by atoms with Crippen molar-refractivity contribution in [3.05, 3.63) is 194 Å². The standard InChI is InChI=1S/C57H32N4OS/c1-2-14-35(15-3-1)55-58-56(38-24-27-51-46(29-38)42-20-10-11-21-50(42)63-51)60-57(59-55)39-31-48(52-44-26-23-34-13-7-9-19-41(34)54(44)62-49(52)32-39)61-47-30-37-17-5-4-16-36(37)28-45(47)43-25-22-33-12-6-8-18-40(33)53(43)61/h1-32H. The molecule has 0 saturated heterocycles. The molecule has 14 aromatic rings. The highest BCUT2D eigenvalue weighted by molar-refractivity contribution is 7.25. The number of fused-ring (bicyclic) bond motifs is 14. The summed E-state index contributed by atoms with van der Waals surface area (Å²) in [5.41, 5.74) is 7.56. The monoisotopic (exact) mass is 820 g/mol. The molecule has 63 heavy (non-hydrogen) atoms. The van der Waals surface area contributed by atoms with E-state index in [0.717, 1.165) is 66.1 Å². The first-order valence-electron chi connectivity index (χ1n) is 21.2. The average Bonchev–Trinajstić information content (AvgIpc) is 4.02. The van der Waals surface area contributed by atoms with Crippen molar-refractivity contribution in [2.24, 2.45) is 0 Å². The highest BCUT2D eigenvalue weighted by atomic mass is 32.1. The Morgan fingerprint density at radius 3 is 1.81 bits per heavy atom. The van der Waals surface area contributed by atoms with Crippen LogP contribution in [0, 0.1) is 0 Å². The minimum Gasteiger partial charge on any atom is -0.455 e. The van der Waals surface area contributed by atoms with Crippen LogP contribution in [-0.2, 0) is 0 Å². The molecular weight excluding hydrogens is 789 g/mol. The molecule has 0 bridgehead atoms. The average molecular weight is 821 g/mol. The smallest absolute Gasteiger partial charge is 0.164 e. The van der Waals surface area contributed by atoms with E-state index in [1.165, 1.54) is 52.5 Å². The molecule has 0 N–H and O–H groups in total. The minimum absolute atomic E-state index is 0.568. The quantitative estimate of drug-likeness (QED) is 0.177. The lowest BCUT2D eigenvalue weighted by Crippen LogP contribution is -2.01. The van der Waals surface area contributed by atoms with Crippen LogP contribution in [-0.4, -0.2) is 19.5 Å². The lowest BCUT2D eigenvalue weighted by Gasteiger charge is -2.14. The molecular formula is C57H32N4OS. The number of thiophene rings is 1. The van der Waals surface area contributed by atoms with E-state index < -0.39 is 0 Å². The Balaban J connectivity index is 1.12. The van der Waals surface area contributed by atoms with Crippen molar-refractivity contribution in [3.8, 4) is 39.9 Å². The maximum atomic E-state index is 7.08. The Labute approximate surface area is 363 Å². The summed E-state index contributed by atoms with van der Waals surface area (Å²) >= 11 is 1.81. The number of furan rings is 1. The van der Waals surface area contributed by atoms with E-state index in [4.69, 9.17) is 19.4 Å². The van der Waals surface area contributed by atoms with Gasteiger partial charge in [0.05, 0.1) is 22.1 Å². The molecule has 0 saturated carbocycles. The van der Waals surface area contributed by atoms with Crippen LogP contribution in [0.1, 0.15) is 0 Å². The molecule has 5 nitrogen and oxygen atoms in total. The molecule has 14 rings (SSSR count). The molecule has 0 radical (unpaired) electrons. The number of aromatic nitrogens is 4. The molecule has 0 spiro atoms. The number of nitrogens with zero attached hydrogens (tertiary/aromatic N) is 4. The normalized spacial score (nSPS) is 12.1. The first-order valence-corrected chi connectivity index (χ1v) is 22.0. The van der Waals surface area contributed by atoms with Gasteiger partial charge in [0.1, 0.15) is 11.2 Å². The zero-order valence-electron chi connectivity index (χ0n) is 33.6. The van der Waals surface area contributed by atoms with E-state index in [-0.39, 0.29) is 0 Å². The third-order valence-electron chi connectivity index (χ3n) is 12.8. The summed E-state index contributed by atoms with van der Waals surface area (Å²) < 4.78 is 12.0. The Morgan fingerprint density at radius 1 is 0.381 bits per heavy atom. The van der Waals surface area contributed by atoms with Crippen LogP contribution in [0.15, 0.2) is 199 Å². The second-order valence-corrected chi connectivity index (χ2v) is 17.4. The van der Waals surface area contributed by atoms with Gasteiger partial charge in [0.2, 0.25) is 0 Å². The van der Waals surface area contributed by atoms with Crippen molar-refractivity contribution >= 4 is 108 Å². The molecule has 0 aliphatic carbocycles. The Morgan fingerprint density at radius 2 is 1.00 bits per heavy atom. The van der Waals surface area contributed by atoms with Crippen molar-refractivity contribution in [2.45, 2.75) is 0 Å². The fourth-order valence-corrected chi connectivity index (χ4v) is 10.9. The molecule has 0 aliphatic heterocycles. The number of hydrogen-bond acceptors (Lipinski definition) is 5. The van der Waals surface area contributed by atoms with Gasteiger partial charge in [0.25, 0.3) is 0 Å². The van der Waals surface area contributed by atoms with Crippen LogP contribution in [0.25, 0.3) is 136 Å². The summed E-state index contributed by atoms with van der Waals surface area (Å²) in [6.07, 6.45) is 0. The summed E-state index contributed by atoms with van der Waals surface area (Å²) in [6, 6.07) is 69.2. The fourth-order valence-electron chi connectivity index (χ4n) is 9.85. The maximum Gasteiger partial charge on any atom is 0.164 e. The van der Waals surface area contributed by atoms with E-state index in [9.17, 15) is 0 Å². The zero-order valence-corrected chi connectivity index (χ0v) is 34.4. The first kappa shape index (κ1) is 34.5. The molecule has 4 aromatic heterocycles. The van der Waals surface area contributed by atoms with Gasteiger partial charge in [-0.1, -0.05) is 140 Å². The van der Waals surface area contributed by atoms with Crippen molar-refractivity contribution in [1.82, 2.24) is 19.5 Å². The largest absolute Gasteiger partial charge is 0.455 e. The molecule has 10 aromatic carbocycles. The summed E-state index contributed by atoms with van der Waals surface area (Å²) in [4.78, 5) is 15.8. The second kappa shape index (κ2) is 13.2. The van der Waals surface area contributed by atoms with Crippen LogP contribution < -0.4 is 0 Å². The molecule has 0 atom stereocenters. The van der Waals surface area contributed by atoms with Gasteiger partial charge in [-0.3, -0.25) is 0 Å². The predicted molar refractivity (Wildman–Crippen MR) is 263 cm³/mol. The predicted octanol–water partition coefficient (Wildman–Crippen LogP) is 15.7. The molecule has 6 heteroatoms. The number of benzene rings is 10. The van der Waals surface area contributed by atoms with Crippen molar-refractivity contribution < 1.29 is 4.42 Å². The third-order valence-corrected chi connectivity index (χ3v) is 13.9. The molecule has 292 valence electrons. The summed E-state index contributed by atoms with van der Waals surface area (Å²) in [5, 5.41) is 13.8. The van der Waals surface area contributed by atoms with Gasteiger partial charge in [-0.05, 0) is 76.1 Å². The van der Waals surface area contributed by atoms with Gasteiger partial charge in [-0.15, -0.1) is 11.3 Å². The molecule has 0 unspecified atom stereocenters. The van der Waals surface area contributed by atoms with Crippen molar-refractivity contribution in [2.75, 3.05) is 0 Å². The Bertz CT molecular complexity index is 4220. The molecule has 4 heterocycles. The van der Waals surface area contributed by atoms with E-state index in [0.29, 0.717) is 17.5 Å². The Kier molecular flexibility index (Phi) is 7.21. The number of hydrogen-bond donors (Lipinski definition) is 0. The van der Waals surface area contributed by atoms with Crippen LogP contribution in [0.4, 0.5) is 0 Å². The van der Waals surface area contributed by atoms with Gasteiger partial charge in [-0.2, -0.15) is 0 Å².